The average molecular weight is 271 g/mol. The van der Waals surface area contributed by atoms with Crippen LogP contribution in [0.15, 0.2) is 23.0 Å². The number of aromatic nitrogens is 2. The molecule has 0 amide bonds. The molecule has 4 nitrogen and oxygen atoms in total. The number of rotatable bonds is 2. The second-order valence-corrected chi connectivity index (χ2v) is 4.71. The van der Waals surface area contributed by atoms with Crippen LogP contribution in [-0.4, -0.2) is 20.8 Å². The first-order valence-corrected chi connectivity index (χ1v) is 5.88. The van der Waals surface area contributed by atoms with Gasteiger partial charge >= 0.3 is 0 Å². The molecule has 0 aliphatic carbocycles. The number of aliphatic hydroxyl groups excluding tert-OH is 1. The normalized spacial score (nSPS) is 12.9. The minimum atomic E-state index is -0.632. The van der Waals surface area contributed by atoms with Crippen LogP contribution in [0.5, 0.6) is 0 Å². The van der Waals surface area contributed by atoms with Gasteiger partial charge in [-0.25, -0.2) is 0 Å². The molecule has 1 heterocycles. The van der Waals surface area contributed by atoms with E-state index in [-0.39, 0.29) is 16.9 Å². The maximum atomic E-state index is 12.1. The molecule has 0 saturated carbocycles. The Hall–Kier alpha value is -1.17. The zero-order valence-corrected chi connectivity index (χ0v) is 10.7. The summed E-state index contributed by atoms with van der Waals surface area (Å²) >= 11 is 10.9. The van der Waals surface area contributed by atoms with Gasteiger partial charge in [0.25, 0.3) is 5.56 Å². The first-order chi connectivity index (χ1) is 7.99. The lowest BCUT2D eigenvalue weighted by Gasteiger charge is -2.09. The van der Waals surface area contributed by atoms with Crippen molar-refractivity contribution < 1.29 is 5.11 Å². The summed E-state index contributed by atoms with van der Waals surface area (Å²) in [5.74, 6) is 0. The van der Waals surface area contributed by atoms with Crippen LogP contribution in [0.3, 0.4) is 0 Å². The number of halogens is 1. The molecule has 6 heteroatoms. The lowest BCUT2D eigenvalue weighted by molar-refractivity contribution is 0.171. The highest BCUT2D eigenvalue weighted by atomic mass is 35.5. The van der Waals surface area contributed by atoms with Crippen molar-refractivity contribution in [3.8, 4) is 0 Å². The zero-order chi connectivity index (χ0) is 12.6. The van der Waals surface area contributed by atoms with Crippen LogP contribution in [0.2, 0.25) is 5.02 Å². The number of nitrogens with zero attached hydrogens (tertiary/aromatic N) is 1. The van der Waals surface area contributed by atoms with Gasteiger partial charge in [0.2, 0.25) is 0 Å². The summed E-state index contributed by atoms with van der Waals surface area (Å²) in [4.78, 5) is 15.0. The number of nitrogens with one attached hydrogen (secondary N) is 1. The van der Waals surface area contributed by atoms with E-state index in [0.717, 1.165) is 0 Å². The third kappa shape index (κ3) is 2.41. The summed E-state index contributed by atoms with van der Waals surface area (Å²) < 4.78 is 1.63. The van der Waals surface area contributed by atoms with Gasteiger partial charge in [-0.1, -0.05) is 11.6 Å². The largest absolute Gasteiger partial charge is 0.392 e. The standard InChI is InChI=1S/C11H11ClN2O2S/c1-6(15)5-14-10(16)8-3-2-7(12)4-9(8)13-11(14)17/h2-4,6,15H,5H2,1H3,(H,13,17)/t6-/m0/s1. The van der Waals surface area contributed by atoms with Crippen molar-refractivity contribution in [2.24, 2.45) is 0 Å². The van der Waals surface area contributed by atoms with Crippen LogP contribution in [0.4, 0.5) is 0 Å². The third-order valence-corrected chi connectivity index (χ3v) is 2.95. The summed E-state index contributed by atoms with van der Waals surface area (Å²) in [6.07, 6.45) is -0.632. The monoisotopic (exact) mass is 270 g/mol. The Balaban J connectivity index is 2.77. The lowest BCUT2D eigenvalue weighted by atomic mass is 10.2. The van der Waals surface area contributed by atoms with E-state index >= 15 is 0 Å². The van der Waals surface area contributed by atoms with E-state index in [9.17, 15) is 9.90 Å². The molecular formula is C11H11ClN2O2S. The molecule has 0 aliphatic heterocycles. The number of hydrogen-bond acceptors (Lipinski definition) is 3. The Bertz CT molecular complexity index is 675. The van der Waals surface area contributed by atoms with Crippen LogP contribution in [0.1, 0.15) is 6.92 Å². The molecular weight excluding hydrogens is 260 g/mol. The Morgan fingerprint density at radius 1 is 1.59 bits per heavy atom. The first kappa shape index (κ1) is 12.3. The van der Waals surface area contributed by atoms with E-state index in [2.05, 4.69) is 4.98 Å². The van der Waals surface area contributed by atoms with Crippen LogP contribution in [0, 0.1) is 4.77 Å². The Morgan fingerprint density at radius 3 is 2.94 bits per heavy atom. The van der Waals surface area contributed by atoms with E-state index < -0.39 is 6.10 Å². The smallest absolute Gasteiger partial charge is 0.262 e. The molecule has 0 saturated heterocycles. The molecule has 17 heavy (non-hydrogen) atoms. The SMILES string of the molecule is C[C@H](O)Cn1c(=S)[nH]c2cc(Cl)ccc2c1=O. The number of aliphatic hydroxyl groups is 1. The molecule has 0 fully saturated rings. The molecule has 1 atom stereocenters. The predicted molar refractivity (Wildman–Crippen MR) is 70.1 cm³/mol. The second-order valence-electron chi connectivity index (χ2n) is 3.88. The lowest BCUT2D eigenvalue weighted by Crippen LogP contribution is -2.26. The summed E-state index contributed by atoms with van der Waals surface area (Å²) in [6, 6.07) is 4.94. The van der Waals surface area contributed by atoms with Crippen LogP contribution >= 0.6 is 23.8 Å². The molecule has 0 radical (unpaired) electrons. The number of hydrogen-bond donors (Lipinski definition) is 2. The zero-order valence-electron chi connectivity index (χ0n) is 9.11. The van der Waals surface area contributed by atoms with Crippen LogP contribution in [0.25, 0.3) is 10.9 Å². The van der Waals surface area contributed by atoms with Gasteiger partial charge < -0.3 is 10.1 Å². The number of benzene rings is 1. The summed E-state index contributed by atoms with van der Waals surface area (Å²) in [6.45, 7) is 1.78. The third-order valence-electron chi connectivity index (χ3n) is 2.39. The molecule has 2 rings (SSSR count). The first-order valence-electron chi connectivity index (χ1n) is 5.09. The maximum absolute atomic E-state index is 12.1. The van der Waals surface area contributed by atoms with Gasteiger partial charge in [0.15, 0.2) is 4.77 Å². The quantitative estimate of drug-likeness (QED) is 0.822. The summed E-state index contributed by atoms with van der Waals surface area (Å²) in [5.41, 5.74) is 0.385. The Morgan fingerprint density at radius 2 is 2.29 bits per heavy atom. The Kier molecular flexibility index (Phi) is 3.33. The molecule has 90 valence electrons. The summed E-state index contributed by atoms with van der Waals surface area (Å²) in [7, 11) is 0. The van der Waals surface area contributed by atoms with E-state index in [1.165, 1.54) is 4.57 Å². The highest BCUT2D eigenvalue weighted by molar-refractivity contribution is 7.71. The fourth-order valence-corrected chi connectivity index (χ4v) is 2.10. The highest BCUT2D eigenvalue weighted by Gasteiger charge is 2.07. The summed E-state index contributed by atoms with van der Waals surface area (Å²) in [5, 5.41) is 10.4. The van der Waals surface area contributed by atoms with Gasteiger partial charge in [-0.2, -0.15) is 0 Å². The van der Waals surface area contributed by atoms with E-state index in [1.54, 1.807) is 25.1 Å². The van der Waals surface area contributed by atoms with E-state index in [4.69, 9.17) is 23.8 Å². The fourth-order valence-electron chi connectivity index (χ4n) is 1.66. The van der Waals surface area contributed by atoms with Gasteiger partial charge in [-0.3, -0.25) is 9.36 Å². The molecule has 0 unspecified atom stereocenters. The number of H-pyrrole nitrogens is 1. The van der Waals surface area contributed by atoms with Crippen molar-refractivity contribution in [2.45, 2.75) is 19.6 Å². The van der Waals surface area contributed by atoms with Crippen molar-refractivity contribution in [1.82, 2.24) is 9.55 Å². The van der Waals surface area contributed by atoms with Crippen molar-refractivity contribution in [1.29, 1.82) is 0 Å². The molecule has 1 aromatic heterocycles. The number of aromatic amines is 1. The van der Waals surface area contributed by atoms with Gasteiger partial charge in [0.05, 0.1) is 23.6 Å². The minimum Gasteiger partial charge on any atom is -0.392 e. The van der Waals surface area contributed by atoms with Crippen molar-refractivity contribution in [3.05, 3.63) is 38.3 Å². The molecule has 2 aromatic rings. The van der Waals surface area contributed by atoms with Crippen molar-refractivity contribution >= 4 is 34.7 Å². The van der Waals surface area contributed by atoms with Gasteiger partial charge in [-0.05, 0) is 37.3 Å². The van der Waals surface area contributed by atoms with Gasteiger partial charge in [0.1, 0.15) is 0 Å². The average Bonchev–Trinajstić information content (AvgIpc) is 2.23. The van der Waals surface area contributed by atoms with Crippen molar-refractivity contribution in [2.75, 3.05) is 0 Å². The Labute approximate surface area is 107 Å². The second kappa shape index (κ2) is 4.60. The van der Waals surface area contributed by atoms with Crippen molar-refractivity contribution in [3.63, 3.8) is 0 Å². The molecule has 0 aliphatic rings. The van der Waals surface area contributed by atoms with Gasteiger partial charge in [0, 0.05) is 5.02 Å². The highest BCUT2D eigenvalue weighted by Crippen LogP contribution is 2.14. The minimum absolute atomic E-state index is 0.173. The molecule has 0 spiro atoms. The fraction of sp³-hybridized carbons (Fsp3) is 0.273. The van der Waals surface area contributed by atoms with E-state index in [0.29, 0.717) is 15.9 Å². The predicted octanol–water partition coefficient (Wildman–Crippen LogP) is 2.09. The molecule has 1 aromatic carbocycles. The molecule has 2 N–H and O–H groups in total. The molecule has 0 bridgehead atoms. The van der Waals surface area contributed by atoms with Gasteiger partial charge in [-0.15, -0.1) is 0 Å². The topological polar surface area (TPSA) is 58.0 Å². The van der Waals surface area contributed by atoms with Crippen LogP contribution < -0.4 is 5.56 Å². The maximum Gasteiger partial charge on any atom is 0.262 e. The number of fused-ring (bicyclic) bond motifs is 1. The van der Waals surface area contributed by atoms with Crippen LogP contribution in [-0.2, 0) is 6.54 Å². The van der Waals surface area contributed by atoms with E-state index in [1.807, 2.05) is 0 Å².